The normalized spacial score (nSPS) is 19.1. The molecule has 4 nitrogen and oxygen atoms in total. The van der Waals surface area contributed by atoms with Gasteiger partial charge >= 0.3 is 6.09 Å². The van der Waals surface area contributed by atoms with Crippen LogP contribution < -0.4 is 0 Å². The van der Waals surface area contributed by atoms with Crippen molar-refractivity contribution in [2.24, 2.45) is 5.92 Å². The Bertz CT molecular complexity index is 586. The molecular formula is C19H24BrNO3. The molecule has 24 heavy (non-hydrogen) atoms. The average Bonchev–Trinajstić information content (AvgIpc) is 2.92. The highest BCUT2D eigenvalue weighted by Crippen LogP contribution is 2.19. The molecule has 2 amide bonds. The molecule has 1 aromatic rings. The van der Waals surface area contributed by atoms with E-state index in [4.69, 9.17) is 4.74 Å². The maximum atomic E-state index is 12.4. The number of carbonyl (C=O) groups is 2. The lowest BCUT2D eigenvalue weighted by Gasteiger charge is -2.19. The number of carbonyl (C=O) groups excluding carboxylic acids is 2. The molecule has 0 spiro atoms. The van der Waals surface area contributed by atoms with Gasteiger partial charge in [-0.2, -0.15) is 0 Å². The van der Waals surface area contributed by atoms with Gasteiger partial charge in [0.2, 0.25) is 5.91 Å². The number of imide groups is 1. The molecule has 0 N–H and O–H groups in total. The van der Waals surface area contributed by atoms with Gasteiger partial charge in [0.15, 0.2) is 0 Å². The largest absolute Gasteiger partial charge is 0.447 e. The maximum absolute atomic E-state index is 12.4. The van der Waals surface area contributed by atoms with Gasteiger partial charge in [0, 0.05) is 11.2 Å². The zero-order chi connectivity index (χ0) is 17.5. The van der Waals surface area contributed by atoms with Gasteiger partial charge in [0.25, 0.3) is 0 Å². The second-order valence-corrected chi connectivity index (χ2v) is 7.40. The first-order chi connectivity index (χ1) is 11.5. The number of rotatable bonds is 7. The predicted octanol–water partition coefficient (Wildman–Crippen LogP) is 4.33. The van der Waals surface area contributed by atoms with Gasteiger partial charge in [0.05, 0.1) is 6.04 Å². The number of alkyl halides is 1. The second kappa shape index (κ2) is 9.02. The number of hydrogen-bond donors (Lipinski definition) is 0. The van der Waals surface area contributed by atoms with Gasteiger partial charge in [-0.15, -0.1) is 0 Å². The van der Waals surface area contributed by atoms with E-state index in [-0.39, 0.29) is 18.6 Å². The molecule has 0 unspecified atom stereocenters. The van der Waals surface area contributed by atoms with E-state index in [0.29, 0.717) is 30.0 Å². The van der Waals surface area contributed by atoms with Crippen molar-refractivity contribution in [2.75, 3.05) is 6.61 Å². The summed E-state index contributed by atoms with van der Waals surface area (Å²) >= 11 is 3.58. The van der Waals surface area contributed by atoms with Crippen molar-refractivity contribution in [2.45, 2.75) is 44.0 Å². The van der Waals surface area contributed by atoms with Crippen molar-refractivity contribution in [3.8, 4) is 0 Å². The van der Waals surface area contributed by atoms with Crippen LogP contribution in [0.1, 0.15) is 32.3 Å². The Kier molecular flexibility index (Phi) is 7.03. The molecule has 1 aliphatic rings. The number of hydrogen-bond acceptors (Lipinski definition) is 3. The number of nitrogens with zero attached hydrogens (tertiary/aromatic N) is 1. The van der Waals surface area contributed by atoms with E-state index >= 15 is 0 Å². The third-order valence-corrected chi connectivity index (χ3v) is 5.39. The van der Waals surface area contributed by atoms with Crippen molar-refractivity contribution in [1.29, 1.82) is 0 Å². The van der Waals surface area contributed by atoms with Crippen LogP contribution in [-0.2, 0) is 16.0 Å². The van der Waals surface area contributed by atoms with Crippen LogP contribution in [0, 0.1) is 5.92 Å². The Morgan fingerprint density at radius 3 is 2.75 bits per heavy atom. The molecule has 1 aromatic carbocycles. The van der Waals surface area contributed by atoms with Gasteiger partial charge in [-0.05, 0) is 24.3 Å². The molecular weight excluding hydrogens is 370 g/mol. The molecule has 2 atom stereocenters. The van der Waals surface area contributed by atoms with Gasteiger partial charge in [-0.25, -0.2) is 9.69 Å². The SMILES string of the molecule is CC(C)[C@H](Br)/C=C/CCC(=O)N1C(=O)OC[C@@H]1Cc1ccccc1. The third-order valence-electron chi connectivity index (χ3n) is 4.03. The summed E-state index contributed by atoms with van der Waals surface area (Å²) in [4.78, 5) is 25.9. The van der Waals surface area contributed by atoms with Crippen molar-refractivity contribution in [3.05, 3.63) is 48.0 Å². The third kappa shape index (κ3) is 5.20. The first-order valence-electron chi connectivity index (χ1n) is 8.32. The first-order valence-corrected chi connectivity index (χ1v) is 9.24. The lowest BCUT2D eigenvalue weighted by atomic mass is 10.1. The van der Waals surface area contributed by atoms with E-state index in [1.165, 1.54) is 4.90 Å². The maximum Gasteiger partial charge on any atom is 0.416 e. The van der Waals surface area contributed by atoms with Crippen molar-refractivity contribution in [3.63, 3.8) is 0 Å². The minimum absolute atomic E-state index is 0.168. The fourth-order valence-electron chi connectivity index (χ4n) is 2.58. The highest BCUT2D eigenvalue weighted by Gasteiger charge is 2.37. The summed E-state index contributed by atoms with van der Waals surface area (Å²) in [6.07, 6.45) is 5.09. The average molecular weight is 394 g/mol. The van der Waals surface area contributed by atoms with Crippen LogP contribution >= 0.6 is 15.9 Å². The minimum Gasteiger partial charge on any atom is -0.447 e. The molecule has 1 saturated heterocycles. The van der Waals surface area contributed by atoms with Crippen LogP contribution in [0.5, 0.6) is 0 Å². The highest BCUT2D eigenvalue weighted by molar-refractivity contribution is 9.09. The summed E-state index contributed by atoms with van der Waals surface area (Å²) in [6, 6.07) is 9.64. The quantitative estimate of drug-likeness (QED) is 0.511. The van der Waals surface area contributed by atoms with Crippen LogP contribution in [0.2, 0.25) is 0 Å². The number of cyclic esters (lactones) is 1. The van der Waals surface area contributed by atoms with Crippen LogP contribution in [0.15, 0.2) is 42.5 Å². The number of amides is 2. The van der Waals surface area contributed by atoms with Gasteiger partial charge < -0.3 is 4.74 Å². The molecule has 1 fully saturated rings. The molecule has 5 heteroatoms. The Morgan fingerprint density at radius 1 is 1.38 bits per heavy atom. The van der Waals surface area contributed by atoms with Crippen molar-refractivity contribution < 1.29 is 14.3 Å². The van der Waals surface area contributed by atoms with Gasteiger partial charge in [-0.3, -0.25) is 4.79 Å². The Balaban J connectivity index is 1.90. The second-order valence-electron chi connectivity index (χ2n) is 6.34. The number of benzene rings is 1. The molecule has 0 aromatic heterocycles. The predicted molar refractivity (Wildman–Crippen MR) is 98.1 cm³/mol. The summed E-state index contributed by atoms with van der Waals surface area (Å²) < 4.78 is 5.09. The van der Waals surface area contributed by atoms with E-state index in [1.807, 2.05) is 36.4 Å². The molecule has 130 valence electrons. The summed E-state index contributed by atoms with van der Waals surface area (Å²) in [5, 5.41) is 0. The van der Waals surface area contributed by atoms with E-state index < -0.39 is 6.09 Å². The summed E-state index contributed by atoms with van der Waals surface area (Å²) in [5.41, 5.74) is 1.09. The standard InChI is InChI=1S/C19H24BrNO3/c1-14(2)17(20)10-6-7-11-18(22)21-16(13-24-19(21)23)12-15-8-4-3-5-9-15/h3-6,8-10,14,16-17H,7,11-13H2,1-2H3/b10-6+/t16-,17+/m0/s1. The molecule has 1 aliphatic heterocycles. The highest BCUT2D eigenvalue weighted by atomic mass is 79.9. The summed E-state index contributed by atoms with van der Waals surface area (Å²) in [7, 11) is 0. The molecule has 0 saturated carbocycles. The Morgan fingerprint density at radius 2 is 2.08 bits per heavy atom. The molecule has 2 rings (SSSR count). The lowest BCUT2D eigenvalue weighted by Crippen LogP contribution is -2.40. The van der Waals surface area contributed by atoms with E-state index in [0.717, 1.165) is 5.56 Å². The van der Waals surface area contributed by atoms with E-state index in [1.54, 1.807) is 0 Å². The number of halogens is 1. The smallest absolute Gasteiger partial charge is 0.416 e. The van der Waals surface area contributed by atoms with Crippen molar-refractivity contribution in [1.82, 2.24) is 4.90 Å². The lowest BCUT2D eigenvalue weighted by molar-refractivity contribution is -0.129. The van der Waals surface area contributed by atoms with Crippen LogP contribution in [-0.4, -0.2) is 34.4 Å². The Labute approximate surface area is 152 Å². The Hall–Kier alpha value is -1.62. The first kappa shape index (κ1) is 18.7. The molecule has 0 radical (unpaired) electrons. The van der Waals surface area contributed by atoms with Crippen molar-refractivity contribution >= 4 is 27.9 Å². The van der Waals surface area contributed by atoms with E-state index in [2.05, 4.69) is 35.9 Å². The monoisotopic (exact) mass is 393 g/mol. The number of ether oxygens (including phenoxy) is 1. The zero-order valence-electron chi connectivity index (χ0n) is 14.2. The fourth-order valence-corrected chi connectivity index (χ4v) is 2.79. The summed E-state index contributed by atoms with van der Waals surface area (Å²) in [6.45, 7) is 4.53. The molecule has 0 bridgehead atoms. The van der Waals surface area contributed by atoms with Gasteiger partial charge in [0.1, 0.15) is 6.61 Å². The van der Waals surface area contributed by atoms with Crippen LogP contribution in [0.3, 0.4) is 0 Å². The minimum atomic E-state index is -0.523. The van der Waals surface area contributed by atoms with Crippen LogP contribution in [0.4, 0.5) is 4.79 Å². The number of allylic oxidation sites excluding steroid dienone is 2. The molecule has 0 aliphatic carbocycles. The zero-order valence-corrected chi connectivity index (χ0v) is 15.7. The van der Waals surface area contributed by atoms with Crippen LogP contribution in [0.25, 0.3) is 0 Å². The summed E-state index contributed by atoms with van der Waals surface area (Å²) in [5.74, 6) is 0.333. The topological polar surface area (TPSA) is 46.6 Å². The van der Waals surface area contributed by atoms with E-state index in [9.17, 15) is 9.59 Å². The molecule has 1 heterocycles. The van der Waals surface area contributed by atoms with Gasteiger partial charge in [-0.1, -0.05) is 72.3 Å². The fraction of sp³-hybridized carbons (Fsp3) is 0.474.